The van der Waals surface area contributed by atoms with Crippen LogP contribution in [0.5, 0.6) is 40.6 Å². The molecule has 3 aromatic heterocycles. The Labute approximate surface area is 784 Å². The van der Waals surface area contributed by atoms with Gasteiger partial charge in [0.05, 0.1) is 32.7 Å². The van der Waals surface area contributed by atoms with Crippen LogP contribution < -0.4 is 40.8 Å². The molecule has 0 saturated heterocycles. The van der Waals surface area contributed by atoms with Crippen molar-refractivity contribution in [1.82, 2.24) is 40.4 Å². The largest absolute Gasteiger partial charge is 0.507 e. The van der Waals surface area contributed by atoms with Crippen LogP contribution in [0.3, 0.4) is 0 Å². The number of amides is 4. The van der Waals surface area contributed by atoms with Gasteiger partial charge >= 0.3 is 6.01 Å². The summed E-state index contributed by atoms with van der Waals surface area (Å²) in [6.07, 6.45) is 28.5. The van der Waals surface area contributed by atoms with Crippen molar-refractivity contribution in [3.05, 3.63) is 224 Å². The van der Waals surface area contributed by atoms with Crippen molar-refractivity contribution in [3.8, 4) is 40.6 Å². The lowest BCUT2D eigenvalue weighted by Gasteiger charge is -2.33. The molecule has 1 aliphatic rings. The molecule has 0 fully saturated rings. The highest BCUT2D eigenvalue weighted by atomic mass is 35.5. The van der Waals surface area contributed by atoms with Gasteiger partial charge in [0, 0.05) is 79.1 Å². The average molecular weight is 1860 g/mol. The van der Waals surface area contributed by atoms with Crippen LogP contribution in [0.15, 0.2) is 169 Å². The van der Waals surface area contributed by atoms with Gasteiger partial charge < -0.3 is 55.7 Å². The molecule has 1 aliphatic heterocycles. The molecular formula is C103H126Cl3N11O13S. The maximum absolute atomic E-state index is 13.4. The number of carbonyl (C=O) groups excluding carboxylic acids is 4. The van der Waals surface area contributed by atoms with Gasteiger partial charge in [0.1, 0.15) is 44.5 Å². The second-order valence-electron chi connectivity index (χ2n) is 34.1. The lowest BCUT2D eigenvalue weighted by Crippen LogP contribution is -2.40. The van der Waals surface area contributed by atoms with Gasteiger partial charge in [-0.2, -0.15) is 23.0 Å². The normalized spacial score (nSPS) is 12.6. The molecule has 9 aromatic carbocycles. The van der Waals surface area contributed by atoms with Crippen LogP contribution in [-0.2, 0) is 41.1 Å². The van der Waals surface area contributed by atoms with Crippen LogP contribution in [0.4, 0.5) is 22.9 Å². The lowest BCUT2D eigenvalue weighted by molar-refractivity contribution is -0.128. The summed E-state index contributed by atoms with van der Waals surface area (Å²) in [6.45, 7) is 25.5. The second-order valence-corrected chi connectivity index (χ2v) is 36.7. The van der Waals surface area contributed by atoms with E-state index < -0.39 is 27.5 Å². The molecule has 2 atom stereocenters. The number of benzene rings is 9. The first-order valence-corrected chi connectivity index (χ1v) is 48.3. The zero-order chi connectivity index (χ0) is 94.2. The predicted molar refractivity (Wildman–Crippen MR) is 528 cm³/mol. The van der Waals surface area contributed by atoms with Gasteiger partial charge in [0.2, 0.25) is 17.7 Å². The fourth-order valence-corrected chi connectivity index (χ4v) is 17.1. The third kappa shape index (κ3) is 30.1. The van der Waals surface area contributed by atoms with E-state index in [0.717, 1.165) is 94.8 Å². The number of rotatable bonds is 43. The monoisotopic (exact) mass is 1860 g/mol. The van der Waals surface area contributed by atoms with Crippen molar-refractivity contribution >= 4 is 135 Å². The Balaban J connectivity index is 0.000000188. The number of carbonyl (C=O) groups is 4. The highest BCUT2D eigenvalue weighted by molar-refractivity contribution is 7.86. The van der Waals surface area contributed by atoms with E-state index in [1.54, 1.807) is 48.0 Å². The molecule has 0 bridgehead atoms. The lowest BCUT2D eigenvalue weighted by atomic mass is 9.77. The van der Waals surface area contributed by atoms with E-state index in [2.05, 4.69) is 104 Å². The number of aromatic amines is 1. The number of anilines is 4. The van der Waals surface area contributed by atoms with Gasteiger partial charge in [-0.05, 0) is 164 Å². The minimum atomic E-state index is -4.49. The standard InChI is InChI=1S/C32H23N3O5S.C31H48ClN5O2.C28H41ClN2O4.C12H14ClNO2/c1-2-21-11-14-26(19-29(21)41(36,37)38)33-30-20-31(39-27-15-12-22-7-3-5-9-24(22)17-27)35-32(34-30)40-28-16-13-23-8-4-6-10-25(23)18-28;1-6-8-10-12-13-14-16-25-19-18-22(3)20-27(25)39-26(17-15-11-9-7-2)31(38)33-21-23(4)29-34-30-28(32)24(5)35-37(30)36-29;1-3-4-5-6-7-8-9-10-11-12-18-35-19-14-17-30-28(34)23-20-24(29)26-22(27(23)33)15-13-16-25(26)31-21(2)32;1-6-4-7(13)10-9(11(6)16)12(2,3)5-8(15)14-10/h2-20H,1H2,(H,33,34,35)(H,36,37,38);18-20,23,26,35H,6-17,21H2,1-5H3,(H,33,38);13,15-16,20,33H,3-12,14,17-19H2,1-2H3,(H,30,34)(H,31,32);4,16H,5H2,1-3H3,(H,14,15). The summed E-state index contributed by atoms with van der Waals surface area (Å²) in [7, 11) is -4.49. The molecule has 28 heteroatoms. The minimum Gasteiger partial charge on any atom is -0.507 e. The Morgan fingerprint density at radius 3 is 1.91 bits per heavy atom. The molecule has 24 nitrogen and oxygen atoms in total. The van der Waals surface area contributed by atoms with E-state index >= 15 is 0 Å². The van der Waals surface area contributed by atoms with Crippen molar-refractivity contribution in [1.29, 1.82) is 0 Å². The van der Waals surface area contributed by atoms with Crippen LogP contribution in [-0.4, -0.2) is 109 Å². The average Bonchev–Trinajstić information content (AvgIpc) is 1.78. The number of aromatic nitrogens is 6. The molecule has 12 aromatic rings. The van der Waals surface area contributed by atoms with Crippen LogP contribution >= 0.6 is 34.8 Å². The van der Waals surface area contributed by atoms with Crippen molar-refractivity contribution < 1.29 is 61.3 Å². The fourth-order valence-electron chi connectivity index (χ4n) is 15.6. The predicted octanol–water partition coefficient (Wildman–Crippen LogP) is 26.1. The van der Waals surface area contributed by atoms with Crippen LogP contribution in [0.2, 0.25) is 15.1 Å². The number of hydrogen-bond donors (Lipinski definition) is 9. The Morgan fingerprint density at radius 2 is 1.27 bits per heavy atom. The highest BCUT2D eigenvalue weighted by Gasteiger charge is 2.37. The van der Waals surface area contributed by atoms with E-state index in [1.165, 1.54) is 133 Å². The van der Waals surface area contributed by atoms with Gasteiger partial charge in [-0.3, -0.25) is 28.8 Å². The van der Waals surface area contributed by atoms with Gasteiger partial charge in [0.15, 0.2) is 17.6 Å². The maximum Gasteiger partial charge on any atom is 0.327 e. The summed E-state index contributed by atoms with van der Waals surface area (Å²) in [5.74, 6) is 2.27. The fraction of sp³-hybridized carbons (Fsp3) is 0.398. The van der Waals surface area contributed by atoms with Crippen molar-refractivity contribution in [3.63, 3.8) is 0 Å². The number of fused-ring (bicyclic) bond motifs is 5. The zero-order valence-corrected chi connectivity index (χ0v) is 80.0. The Morgan fingerprint density at radius 1 is 0.656 bits per heavy atom. The maximum atomic E-state index is 13.4. The first-order valence-electron chi connectivity index (χ1n) is 45.7. The summed E-state index contributed by atoms with van der Waals surface area (Å²) in [5.41, 5.74) is 6.61. The number of phenols is 2. The van der Waals surface area contributed by atoms with Crippen molar-refractivity contribution in [2.75, 3.05) is 42.3 Å². The van der Waals surface area contributed by atoms with Crippen LogP contribution in [0.1, 0.15) is 252 Å². The number of halogens is 3. The smallest absolute Gasteiger partial charge is 0.327 e. The van der Waals surface area contributed by atoms with Crippen molar-refractivity contribution in [2.24, 2.45) is 0 Å². The Bertz CT molecular complexity index is 5900. The molecule has 698 valence electrons. The number of unbranched alkanes of at least 4 members (excludes halogenated alkanes) is 17. The molecule has 0 aliphatic carbocycles. The number of nitrogens with zero attached hydrogens (tertiary/aromatic N) is 5. The number of nitrogens with one attached hydrogen (secondary N) is 6. The first kappa shape index (κ1) is 102. The van der Waals surface area contributed by atoms with E-state index in [9.17, 15) is 42.4 Å². The highest BCUT2D eigenvalue weighted by Crippen LogP contribution is 2.48. The Hall–Kier alpha value is -11.3. The van der Waals surface area contributed by atoms with E-state index in [0.29, 0.717) is 99.8 Å². The summed E-state index contributed by atoms with van der Waals surface area (Å²) in [6, 6.07) is 47.8. The zero-order valence-electron chi connectivity index (χ0n) is 77.0. The SMILES string of the molecule is C=Cc1ccc(Nc2cc(Oc3ccc4ccccc4c3)nc(Oc3ccc4ccccc4c3)n2)cc1S(=O)(=O)O.CCCCCCCCCCCCOCCCNC(=O)c1cc(Cl)c2c(NC(C)=O)cccc2c1O.CCCCCCCCc1ccc(C)cc1OC(CCCCCC)C(=O)NCC(C)c1nc2c(Cl)c(C)[nH]n2n1.Cc1cc(Cl)c2c(c1O)C(C)(C)CC(=O)N2. The third-order valence-electron chi connectivity index (χ3n) is 22.7. The Kier molecular flexibility index (Phi) is 39.1. The van der Waals surface area contributed by atoms with E-state index in [1.807, 2.05) is 113 Å². The van der Waals surface area contributed by atoms with Gasteiger partial charge in [0.25, 0.3) is 21.9 Å². The number of aryl methyl sites for hydroxylation is 4. The van der Waals surface area contributed by atoms with Crippen molar-refractivity contribution in [2.45, 2.75) is 246 Å². The quantitative estimate of drug-likeness (QED) is 0.0127. The minimum absolute atomic E-state index is 0.0128. The van der Waals surface area contributed by atoms with Crippen LogP contribution in [0, 0.1) is 20.8 Å². The summed E-state index contributed by atoms with van der Waals surface area (Å²) in [4.78, 5) is 62.3. The molecule has 2 unspecified atom stereocenters. The van der Waals surface area contributed by atoms with Crippen LogP contribution in [0.25, 0.3) is 44.0 Å². The second kappa shape index (κ2) is 50.3. The number of H-pyrrole nitrogens is 1. The molecule has 0 spiro atoms. The summed E-state index contributed by atoms with van der Waals surface area (Å²) < 4.78 is 59.5. The molecule has 9 N–H and O–H groups in total. The third-order valence-corrected chi connectivity index (χ3v) is 24.7. The van der Waals surface area contributed by atoms with E-state index in [4.69, 9.17) is 53.8 Å². The summed E-state index contributed by atoms with van der Waals surface area (Å²) in [5, 5.41) is 49.1. The molecule has 131 heavy (non-hydrogen) atoms. The van der Waals surface area contributed by atoms with E-state index in [-0.39, 0.29) is 73.9 Å². The molecule has 4 amide bonds. The first-order chi connectivity index (χ1) is 62.9. The number of ether oxygens (including phenoxy) is 4. The van der Waals surface area contributed by atoms with Gasteiger partial charge in [-0.1, -0.05) is 289 Å². The van der Waals surface area contributed by atoms with Gasteiger partial charge in [-0.15, -0.1) is 5.10 Å². The molecule has 0 saturated carbocycles. The number of hydrogen-bond acceptors (Lipinski definition) is 17. The summed E-state index contributed by atoms with van der Waals surface area (Å²) >= 11 is 18.8. The molecule has 4 heterocycles. The molecule has 0 radical (unpaired) electrons. The number of phenolic OH excluding ortho intramolecular Hbond substituents is 2. The number of aromatic hydroxyl groups is 2. The molecular weight excluding hydrogens is 1740 g/mol. The topological polar surface area (TPSA) is 332 Å². The molecule has 13 rings (SSSR count). The van der Waals surface area contributed by atoms with Gasteiger partial charge in [-0.25, -0.2) is 4.98 Å².